The number of nitrogens with two attached hydrogens (primary N) is 1. The number of aliphatic hydroxyl groups is 1. The summed E-state index contributed by atoms with van der Waals surface area (Å²) in [6.07, 6.45) is 4.26. The molecule has 0 aromatic heterocycles. The Morgan fingerprint density at radius 3 is 2.81 bits per heavy atom. The fourth-order valence-corrected chi connectivity index (χ4v) is 2.02. The third kappa shape index (κ3) is 4.78. The van der Waals surface area contributed by atoms with E-state index in [1.807, 2.05) is 6.92 Å². The van der Waals surface area contributed by atoms with Crippen molar-refractivity contribution in [2.45, 2.75) is 44.2 Å². The lowest BCUT2D eigenvalue weighted by Crippen LogP contribution is -2.40. The quantitative estimate of drug-likeness (QED) is 0.628. The predicted molar refractivity (Wildman–Crippen MR) is 65.4 cm³/mol. The largest absolute Gasteiger partial charge is 0.394 e. The molecule has 0 aliphatic carbocycles. The molecule has 1 rings (SSSR count). The van der Waals surface area contributed by atoms with Crippen molar-refractivity contribution in [1.82, 2.24) is 4.90 Å². The van der Waals surface area contributed by atoms with Gasteiger partial charge in [-0.05, 0) is 39.8 Å². The molecule has 2 unspecified atom stereocenters. The Bertz CT molecular complexity index is 191. The maximum Gasteiger partial charge on any atom is 0.0622 e. The number of hydrogen-bond acceptors (Lipinski definition) is 4. The molecule has 16 heavy (non-hydrogen) atoms. The number of nitrogens with zero attached hydrogens (tertiary/aromatic N) is 1. The van der Waals surface area contributed by atoms with Gasteiger partial charge in [0, 0.05) is 18.2 Å². The molecule has 0 aromatic rings. The fraction of sp³-hybridized carbons (Fsp3) is 1.00. The normalized spacial score (nSPS) is 24.9. The Morgan fingerprint density at radius 1 is 1.50 bits per heavy atom. The van der Waals surface area contributed by atoms with Crippen LogP contribution in [0, 0.1) is 0 Å². The summed E-state index contributed by atoms with van der Waals surface area (Å²) in [4.78, 5) is 2.37. The first-order chi connectivity index (χ1) is 7.55. The molecular weight excluding hydrogens is 204 g/mol. The number of hydrogen-bond donors (Lipinski definition) is 2. The van der Waals surface area contributed by atoms with Crippen LogP contribution in [0.2, 0.25) is 0 Å². The molecule has 1 saturated heterocycles. The summed E-state index contributed by atoms with van der Waals surface area (Å²) in [5, 5.41) is 9.02. The van der Waals surface area contributed by atoms with Crippen LogP contribution >= 0.6 is 0 Å². The smallest absolute Gasteiger partial charge is 0.0622 e. The van der Waals surface area contributed by atoms with Gasteiger partial charge in [0.15, 0.2) is 0 Å². The molecule has 0 bridgehead atoms. The number of aliphatic hydroxyl groups excluding tert-OH is 1. The summed E-state index contributed by atoms with van der Waals surface area (Å²) in [6, 6.07) is 0.599. The van der Waals surface area contributed by atoms with Crippen LogP contribution in [0.5, 0.6) is 0 Å². The van der Waals surface area contributed by atoms with Crippen molar-refractivity contribution in [1.29, 1.82) is 0 Å². The second-order valence-corrected chi connectivity index (χ2v) is 5.27. The van der Waals surface area contributed by atoms with Crippen LogP contribution in [-0.2, 0) is 4.74 Å². The van der Waals surface area contributed by atoms with Gasteiger partial charge in [-0.15, -0.1) is 0 Å². The molecule has 4 nitrogen and oxygen atoms in total. The zero-order valence-electron chi connectivity index (χ0n) is 10.6. The highest BCUT2D eigenvalue weighted by molar-refractivity contribution is 4.77. The minimum absolute atomic E-state index is 0.0688. The molecule has 0 saturated carbocycles. The van der Waals surface area contributed by atoms with Crippen molar-refractivity contribution < 1.29 is 9.84 Å². The molecular formula is C12H26N2O2. The van der Waals surface area contributed by atoms with Crippen molar-refractivity contribution >= 4 is 0 Å². The van der Waals surface area contributed by atoms with Gasteiger partial charge in [0.2, 0.25) is 0 Å². The molecule has 1 heterocycles. The highest BCUT2D eigenvalue weighted by Crippen LogP contribution is 2.13. The second-order valence-electron chi connectivity index (χ2n) is 5.27. The van der Waals surface area contributed by atoms with E-state index in [1.54, 1.807) is 0 Å². The first-order valence-corrected chi connectivity index (χ1v) is 6.23. The predicted octanol–water partition coefficient (Wildman–Crippen LogP) is 0.587. The summed E-state index contributed by atoms with van der Waals surface area (Å²) in [6.45, 7) is 4.85. The van der Waals surface area contributed by atoms with E-state index in [-0.39, 0.29) is 6.61 Å². The molecule has 1 aliphatic rings. The minimum atomic E-state index is -0.408. The van der Waals surface area contributed by atoms with Crippen molar-refractivity contribution in [2.75, 3.05) is 33.4 Å². The molecule has 96 valence electrons. The highest BCUT2D eigenvalue weighted by atomic mass is 16.5. The average molecular weight is 230 g/mol. The highest BCUT2D eigenvalue weighted by Gasteiger charge is 2.20. The van der Waals surface area contributed by atoms with Gasteiger partial charge in [0.25, 0.3) is 0 Å². The maximum absolute atomic E-state index is 9.02. The molecule has 0 aromatic carbocycles. The van der Waals surface area contributed by atoms with Gasteiger partial charge >= 0.3 is 0 Å². The molecule has 0 spiro atoms. The van der Waals surface area contributed by atoms with Gasteiger partial charge < -0.3 is 20.5 Å². The molecule has 1 aliphatic heterocycles. The van der Waals surface area contributed by atoms with Crippen molar-refractivity contribution in [2.24, 2.45) is 5.73 Å². The van der Waals surface area contributed by atoms with Gasteiger partial charge in [-0.1, -0.05) is 6.42 Å². The Kier molecular flexibility index (Phi) is 5.69. The lowest BCUT2D eigenvalue weighted by atomic mass is 9.97. The van der Waals surface area contributed by atoms with Crippen LogP contribution in [0.1, 0.15) is 32.6 Å². The fourth-order valence-electron chi connectivity index (χ4n) is 2.02. The monoisotopic (exact) mass is 230 g/mol. The zero-order chi connectivity index (χ0) is 12.0. The topological polar surface area (TPSA) is 58.7 Å². The molecule has 1 fully saturated rings. The van der Waals surface area contributed by atoms with Crippen LogP contribution in [0.4, 0.5) is 0 Å². The van der Waals surface area contributed by atoms with E-state index in [0.717, 1.165) is 45.4 Å². The van der Waals surface area contributed by atoms with Crippen molar-refractivity contribution in [3.8, 4) is 0 Å². The van der Waals surface area contributed by atoms with Crippen LogP contribution in [0.15, 0.2) is 0 Å². The summed E-state index contributed by atoms with van der Waals surface area (Å²) in [5.41, 5.74) is 5.46. The second kappa shape index (κ2) is 6.55. The minimum Gasteiger partial charge on any atom is -0.394 e. The lowest BCUT2D eigenvalue weighted by Gasteiger charge is -2.24. The summed E-state index contributed by atoms with van der Waals surface area (Å²) in [5.74, 6) is 0. The number of likely N-dealkylation sites (N-methyl/N-ethyl adjacent to an activating group) is 1. The Hall–Kier alpha value is -0.160. The Labute approximate surface area is 98.8 Å². The van der Waals surface area contributed by atoms with E-state index in [9.17, 15) is 0 Å². The van der Waals surface area contributed by atoms with Gasteiger partial charge in [-0.3, -0.25) is 0 Å². The van der Waals surface area contributed by atoms with Crippen LogP contribution in [0.25, 0.3) is 0 Å². The van der Waals surface area contributed by atoms with Gasteiger partial charge in [0.05, 0.1) is 13.2 Å². The Morgan fingerprint density at radius 2 is 2.25 bits per heavy atom. The third-order valence-corrected chi connectivity index (χ3v) is 3.40. The molecule has 3 N–H and O–H groups in total. The number of ether oxygens (including phenoxy) is 1. The van der Waals surface area contributed by atoms with E-state index < -0.39 is 5.54 Å². The van der Waals surface area contributed by atoms with Crippen molar-refractivity contribution in [3.63, 3.8) is 0 Å². The van der Waals surface area contributed by atoms with Gasteiger partial charge in [-0.25, -0.2) is 0 Å². The first kappa shape index (κ1) is 13.9. The summed E-state index contributed by atoms with van der Waals surface area (Å²) >= 11 is 0. The summed E-state index contributed by atoms with van der Waals surface area (Å²) < 4.78 is 5.36. The average Bonchev–Trinajstić information content (AvgIpc) is 2.77. The Balaban J connectivity index is 2.06. The number of unbranched alkanes of at least 4 members (excludes halogenated alkanes) is 1. The van der Waals surface area contributed by atoms with E-state index in [0.29, 0.717) is 6.04 Å². The van der Waals surface area contributed by atoms with Crippen molar-refractivity contribution in [3.05, 3.63) is 0 Å². The van der Waals surface area contributed by atoms with Gasteiger partial charge in [-0.2, -0.15) is 0 Å². The molecule has 0 amide bonds. The third-order valence-electron chi connectivity index (χ3n) is 3.40. The standard InChI is InChI=1S/C12H26N2O2/c1-12(13,10-15)6-3-4-7-14(2)11-5-8-16-9-11/h11,15H,3-10,13H2,1-2H3. The van der Waals surface area contributed by atoms with Crippen LogP contribution < -0.4 is 5.73 Å². The molecule has 0 radical (unpaired) electrons. The first-order valence-electron chi connectivity index (χ1n) is 6.23. The van der Waals surface area contributed by atoms with E-state index in [2.05, 4.69) is 11.9 Å². The van der Waals surface area contributed by atoms with E-state index in [4.69, 9.17) is 15.6 Å². The lowest BCUT2D eigenvalue weighted by molar-refractivity contribution is 0.156. The van der Waals surface area contributed by atoms with E-state index in [1.165, 1.54) is 0 Å². The zero-order valence-corrected chi connectivity index (χ0v) is 10.6. The maximum atomic E-state index is 9.02. The molecule has 4 heteroatoms. The van der Waals surface area contributed by atoms with E-state index >= 15 is 0 Å². The molecule has 2 atom stereocenters. The van der Waals surface area contributed by atoms with Crippen LogP contribution in [0.3, 0.4) is 0 Å². The van der Waals surface area contributed by atoms with Crippen LogP contribution in [-0.4, -0.2) is 55.0 Å². The van der Waals surface area contributed by atoms with Gasteiger partial charge in [0.1, 0.15) is 0 Å². The summed E-state index contributed by atoms with van der Waals surface area (Å²) in [7, 11) is 2.16. The number of rotatable bonds is 7. The SMILES string of the molecule is CN(CCCCC(C)(N)CO)C1CCOC1.